The fourth-order valence-electron chi connectivity index (χ4n) is 3.16. The zero-order chi connectivity index (χ0) is 14.7. The van der Waals surface area contributed by atoms with Crippen molar-refractivity contribution in [2.75, 3.05) is 31.1 Å². The first-order valence-electron chi connectivity index (χ1n) is 7.62. The summed E-state index contributed by atoms with van der Waals surface area (Å²) >= 11 is 0. The van der Waals surface area contributed by atoms with Gasteiger partial charge in [0.05, 0.1) is 0 Å². The van der Waals surface area contributed by atoms with Crippen LogP contribution in [0.15, 0.2) is 12.1 Å². The van der Waals surface area contributed by atoms with Gasteiger partial charge >= 0.3 is 0 Å². The molecule has 1 aromatic heterocycles. The smallest absolute Gasteiger partial charge is 0.225 e. The number of anilines is 1. The van der Waals surface area contributed by atoms with Crippen LogP contribution in [0.3, 0.4) is 0 Å². The summed E-state index contributed by atoms with van der Waals surface area (Å²) in [6, 6.07) is 3.70. The van der Waals surface area contributed by atoms with Gasteiger partial charge in [0.25, 0.3) is 0 Å². The molecule has 0 atom stereocenters. The predicted molar refractivity (Wildman–Crippen MR) is 80.7 cm³/mol. The SMILES string of the molecule is C#Cc1ccc(N2CCN(C(=O)C3CCCC3)CC2)nn1. The molecular formula is C16H20N4O. The summed E-state index contributed by atoms with van der Waals surface area (Å²) in [6.45, 7) is 3.16. The molecule has 1 aliphatic carbocycles. The van der Waals surface area contributed by atoms with E-state index < -0.39 is 0 Å². The minimum Gasteiger partial charge on any atom is -0.352 e. The molecular weight excluding hydrogens is 264 g/mol. The fraction of sp³-hybridized carbons (Fsp3) is 0.562. The van der Waals surface area contributed by atoms with E-state index >= 15 is 0 Å². The predicted octanol–water partition coefficient (Wildman–Crippen LogP) is 1.30. The highest BCUT2D eigenvalue weighted by Crippen LogP contribution is 2.27. The van der Waals surface area contributed by atoms with Crippen LogP contribution in [0.4, 0.5) is 5.82 Å². The van der Waals surface area contributed by atoms with Gasteiger partial charge in [0, 0.05) is 32.1 Å². The molecule has 1 amide bonds. The van der Waals surface area contributed by atoms with Gasteiger partial charge in [0.2, 0.25) is 5.91 Å². The van der Waals surface area contributed by atoms with Crippen molar-refractivity contribution in [3.63, 3.8) is 0 Å². The molecule has 5 nitrogen and oxygen atoms in total. The van der Waals surface area contributed by atoms with Crippen LogP contribution in [-0.2, 0) is 4.79 Å². The Bertz CT molecular complexity index is 534. The summed E-state index contributed by atoms with van der Waals surface area (Å²) < 4.78 is 0. The third-order valence-electron chi connectivity index (χ3n) is 4.42. The maximum atomic E-state index is 12.4. The standard InChI is InChI=1S/C16H20N4O/c1-2-14-7-8-15(18-17-14)19-9-11-20(12-10-19)16(21)13-5-3-4-6-13/h1,7-8,13H,3-6,9-12H2. The summed E-state index contributed by atoms with van der Waals surface area (Å²) in [5.41, 5.74) is 0.550. The highest BCUT2D eigenvalue weighted by atomic mass is 16.2. The van der Waals surface area contributed by atoms with E-state index in [0.717, 1.165) is 44.8 Å². The molecule has 1 saturated carbocycles. The van der Waals surface area contributed by atoms with E-state index in [2.05, 4.69) is 21.0 Å². The lowest BCUT2D eigenvalue weighted by Crippen LogP contribution is -2.50. The molecule has 0 spiro atoms. The topological polar surface area (TPSA) is 49.3 Å². The van der Waals surface area contributed by atoms with Crippen molar-refractivity contribution in [2.24, 2.45) is 5.92 Å². The van der Waals surface area contributed by atoms with E-state index in [9.17, 15) is 4.79 Å². The molecule has 0 N–H and O–H groups in total. The molecule has 1 aromatic rings. The minimum atomic E-state index is 0.270. The van der Waals surface area contributed by atoms with Crippen molar-refractivity contribution < 1.29 is 4.79 Å². The lowest BCUT2D eigenvalue weighted by molar-refractivity contribution is -0.135. The number of terminal acetylenes is 1. The lowest BCUT2D eigenvalue weighted by Gasteiger charge is -2.36. The van der Waals surface area contributed by atoms with Crippen LogP contribution in [0, 0.1) is 18.3 Å². The van der Waals surface area contributed by atoms with Gasteiger partial charge in [-0.3, -0.25) is 4.79 Å². The molecule has 0 aromatic carbocycles. The number of rotatable bonds is 2. The molecule has 0 bridgehead atoms. The van der Waals surface area contributed by atoms with Gasteiger partial charge in [-0.2, -0.15) is 0 Å². The molecule has 3 rings (SSSR count). The fourth-order valence-corrected chi connectivity index (χ4v) is 3.16. The Morgan fingerprint density at radius 2 is 1.86 bits per heavy atom. The molecule has 5 heteroatoms. The van der Waals surface area contributed by atoms with Crippen LogP contribution < -0.4 is 4.90 Å². The summed E-state index contributed by atoms with van der Waals surface area (Å²) in [4.78, 5) is 16.6. The van der Waals surface area contributed by atoms with Gasteiger partial charge in [-0.1, -0.05) is 12.8 Å². The third kappa shape index (κ3) is 2.99. The lowest BCUT2D eigenvalue weighted by atomic mass is 10.1. The zero-order valence-corrected chi connectivity index (χ0v) is 12.2. The first kappa shape index (κ1) is 13.9. The molecule has 110 valence electrons. The monoisotopic (exact) mass is 284 g/mol. The minimum absolute atomic E-state index is 0.270. The molecule has 1 aliphatic heterocycles. The van der Waals surface area contributed by atoms with Crippen molar-refractivity contribution in [2.45, 2.75) is 25.7 Å². The number of piperazine rings is 1. The Hall–Kier alpha value is -2.09. The van der Waals surface area contributed by atoms with Gasteiger partial charge < -0.3 is 9.80 Å². The molecule has 2 aliphatic rings. The highest BCUT2D eigenvalue weighted by molar-refractivity contribution is 5.79. The van der Waals surface area contributed by atoms with E-state index in [1.54, 1.807) is 6.07 Å². The largest absolute Gasteiger partial charge is 0.352 e. The van der Waals surface area contributed by atoms with E-state index in [1.807, 2.05) is 11.0 Å². The number of hydrogen-bond acceptors (Lipinski definition) is 4. The van der Waals surface area contributed by atoms with E-state index in [0.29, 0.717) is 11.6 Å². The average molecular weight is 284 g/mol. The maximum absolute atomic E-state index is 12.4. The average Bonchev–Trinajstić information content (AvgIpc) is 3.09. The summed E-state index contributed by atoms with van der Waals surface area (Å²) in [7, 11) is 0. The van der Waals surface area contributed by atoms with E-state index in [-0.39, 0.29) is 5.92 Å². The van der Waals surface area contributed by atoms with Gasteiger partial charge in [-0.05, 0) is 30.9 Å². The normalized spacial score (nSPS) is 19.6. The summed E-state index contributed by atoms with van der Waals surface area (Å²) in [5, 5.41) is 8.13. The van der Waals surface area contributed by atoms with Crippen LogP contribution in [0.2, 0.25) is 0 Å². The Morgan fingerprint density at radius 1 is 1.14 bits per heavy atom. The first-order valence-corrected chi connectivity index (χ1v) is 7.62. The number of carbonyl (C=O) groups excluding carboxylic acids is 1. The first-order chi connectivity index (χ1) is 10.3. The van der Waals surface area contributed by atoms with E-state index in [4.69, 9.17) is 6.42 Å². The molecule has 2 heterocycles. The molecule has 21 heavy (non-hydrogen) atoms. The van der Waals surface area contributed by atoms with Crippen LogP contribution in [0.5, 0.6) is 0 Å². The second-order valence-corrected chi connectivity index (χ2v) is 5.71. The highest BCUT2D eigenvalue weighted by Gasteiger charge is 2.29. The van der Waals surface area contributed by atoms with Gasteiger partial charge in [0.15, 0.2) is 5.82 Å². The number of carbonyl (C=O) groups is 1. The van der Waals surface area contributed by atoms with Crippen molar-refractivity contribution >= 4 is 11.7 Å². The van der Waals surface area contributed by atoms with Crippen LogP contribution in [-0.4, -0.2) is 47.2 Å². The Labute approximate surface area is 125 Å². The number of hydrogen-bond donors (Lipinski definition) is 0. The Balaban J connectivity index is 1.57. The van der Waals surface area contributed by atoms with Crippen molar-refractivity contribution in [1.82, 2.24) is 15.1 Å². The van der Waals surface area contributed by atoms with Crippen LogP contribution in [0.1, 0.15) is 31.4 Å². The number of nitrogens with zero attached hydrogens (tertiary/aromatic N) is 4. The van der Waals surface area contributed by atoms with Crippen molar-refractivity contribution in [3.8, 4) is 12.3 Å². The molecule has 0 unspecified atom stereocenters. The van der Waals surface area contributed by atoms with Gasteiger partial charge in [-0.25, -0.2) is 0 Å². The van der Waals surface area contributed by atoms with Crippen molar-refractivity contribution in [3.05, 3.63) is 17.8 Å². The van der Waals surface area contributed by atoms with Crippen LogP contribution in [0.25, 0.3) is 0 Å². The Morgan fingerprint density at radius 3 is 2.43 bits per heavy atom. The Kier molecular flexibility index (Phi) is 4.05. The van der Waals surface area contributed by atoms with Gasteiger partial charge in [-0.15, -0.1) is 16.6 Å². The summed E-state index contributed by atoms with van der Waals surface area (Å²) in [5.74, 6) is 3.92. The summed E-state index contributed by atoms with van der Waals surface area (Å²) in [6.07, 6.45) is 9.82. The molecule has 1 saturated heterocycles. The molecule has 2 fully saturated rings. The quantitative estimate of drug-likeness (QED) is 0.768. The maximum Gasteiger partial charge on any atom is 0.225 e. The van der Waals surface area contributed by atoms with E-state index in [1.165, 1.54) is 12.8 Å². The third-order valence-corrected chi connectivity index (χ3v) is 4.42. The number of aromatic nitrogens is 2. The van der Waals surface area contributed by atoms with Crippen LogP contribution >= 0.6 is 0 Å². The second kappa shape index (κ2) is 6.13. The zero-order valence-electron chi connectivity index (χ0n) is 12.2. The molecule has 0 radical (unpaired) electrons. The van der Waals surface area contributed by atoms with Crippen molar-refractivity contribution in [1.29, 1.82) is 0 Å². The van der Waals surface area contributed by atoms with Gasteiger partial charge in [0.1, 0.15) is 5.69 Å². The second-order valence-electron chi connectivity index (χ2n) is 5.71. The number of amides is 1.